The molecule has 0 saturated heterocycles. The minimum Gasteiger partial charge on any atom is -0.744 e. The van der Waals surface area contributed by atoms with Crippen LogP contribution in [-0.4, -0.2) is 24.5 Å². The number of aryl methyl sites for hydroxylation is 1. The molecule has 112 valence electrons. The van der Waals surface area contributed by atoms with Crippen LogP contribution in [0.2, 0.25) is 0 Å². The van der Waals surface area contributed by atoms with E-state index in [0.717, 1.165) is 6.07 Å². The molecule has 2 N–H and O–H groups in total. The first-order valence-corrected chi connectivity index (χ1v) is 7.71. The van der Waals surface area contributed by atoms with E-state index in [1.165, 1.54) is 19.1 Å². The molecule has 0 amide bonds. The summed E-state index contributed by atoms with van der Waals surface area (Å²) in [7, 11) is -4.85. The fraction of sp³-hybridized carbons (Fsp3) is 0.0667. The van der Waals surface area contributed by atoms with Gasteiger partial charge in [0.25, 0.3) is 0 Å². The zero-order chi connectivity index (χ0) is 16.2. The topological polar surface area (TPSA) is 117 Å². The molecule has 0 bridgehead atoms. The number of rotatable bonds is 1. The molecule has 0 atom stereocenters. The molecule has 23 heavy (non-hydrogen) atoms. The second-order valence-corrected chi connectivity index (χ2v) is 6.36. The molecule has 2 aromatic carbocycles. The van der Waals surface area contributed by atoms with Crippen LogP contribution < -0.4 is 35.3 Å². The number of nitrogen functional groups attached to an aromatic ring is 1. The summed E-state index contributed by atoms with van der Waals surface area (Å²) >= 11 is 0. The van der Waals surface area contributed by atoms with Gasteiger partial charge in [0.15, 0.2) is 11.6 Å². The number of hydrogen-bond donors (Lipinski definition) is 1. The first kappa shape index (κ1) is 17.8. The number of benzene rings is 2. The van der Waals surface area contributed by atoms with Crippen LogP contribution in [-0.2, 0) is 10.1 Å². The third-order valence-electron chi connectivity index (χ3n) is 3.67. The van der Waals surface area contributed by atoms with Crippen molar-refractivity contribution in [1.29, 1.82) is 0 Å². The zero-order valence-corrected chi connectivity index (χ0v) is 15.2. The molecule has 0 saturated carbocycles. The van der Waals surface area contributed by atoms with E-state index in [1.54, 1.807) is 12.1 Å². The van der Waals surface area contributed by atoms with E-state index in [-0.39, 0.29) is 57.4 Å². The van der Waals surface area contributed by atoms with Crippen molar-refractivity contribution in [2.24, 2.45) is 0 Å². The minimum atomic E-state index is -4.85. The van der Waals surface area contributed by atoms with Gasteiger partial charge < -0.3 is 10.3 Å². The van der Waals surface area contributed by atoms with Crippen molar-refractivity contribution in [3.05, 3.63) is 58.1 Å². The van der Waals surface area contributed by atoms with Gasteiger partial charge in [-0.25, -0.2) is 8.42 Å². The quantitative estimate of drug-likeness (QED) is 0.319. The second-order valence-electron chi connectivity index (χ2n) is 5.01. The van der Waals surface area contributed by atoms with E-state index in [4.69, 9.17) is 5.73 Å². The van der Waals surface area contributed by atoms with Gasteiger partial charge in [-0.3, -0.25) is 9.59 Å². The van der Waals surface area contributed by atoms with Gasteiger partial charge in [0.2, 0.25) is 0 Å². The van der Waals surface area contributed by atoms with E-state index in [9.17, 15) is 22.6 Å². The molecule has 0 heterocycles. The summed E-state index contributed by atoms with van der Waals surface area (Å²) in [4.78, 5) is 24.5. The van der Waals surface area contributed by atoms with Crippen molar-refractivity contribution in [3.63, 3.8) is 0 Å². The Morgan fingerprint density at radius 3 is 1.96 bits per heavy atom. The maximum atomic E-state index is 12.6. The molecule has 0 fully saturated rings. The van der Waals surface area contributed by atoms with Gasteiger partial charge in [-0.1, -0.05) is 24.3 Å². The van der Waals surface area contributed by atoms with Crippen molar-refractivity contribution < 1.29 is 52.1 Å². The Hall–Kier alpha value is -1.51. The molecule has 8 heteroatoms. The van der Waals surface area contributed by atoms with Gasteiger partial charge in [-0.05, 0) is 18.6 Å². The number of anilines is 1. The molecule has 1 aliphatic rings. The van der Waals surface area contributed by atoms with E-state index < -0.39 is 32.3 Å². The molecule has 0 aliphatic heterocycles. The van der Waals surface area contributed by atoms with Crippen molar-refractivity contribution >= 4 is 27.4 Å². The van der Waals surface area contributed by atoms with E-state index in [0.29, 0.717) is 0 Å². The fourth-order valence-electron chi connectivity index (χ4n) is 2.69. The molecule has 2 aromatic rings. The average molecular weight is 339 g/mol. The maximum Gasteiger partial charge on any atom is 1.00 e. The molecule has 0 unspecified atom stereocenters. The van der Waals surface area contributed by atoms with Gasteiger partial charge in [-0.2, -0.15) is 0 Å². The van der Waals surface area contributed by atoms with Crippen LogP contribution in [0.5, 0.6) is 0 Å². The number of carbonyl (C=O) groups excluding carboxylic acids is 2. The number of nitrogens with two attached hydrogens (primary N) is 1. The van der Waals surface area contributed by atoms with E-state index >= 15 is 0 Å². The average Bonchev–Trinajstić information content (AvgIpc) is 2.45. The summed E-state index contributed by atoms with van der Waals surface area (Å²) in [6.07, 6.45) is 0. The number of fused-ring (bicyclic) bond motifs is 2. The van der Waals surface area contributed by atoms with Gasteiger partial charge in [0.05, 0.1) is 16.1 Å². The molecular weight excluding hydrogens is 329 g/mol. The van der Waals surface area contributed by atoms with Crippen molar-refractivity contribution in [3.8, 4) is 0 Å². The Morgan fingerprint density at radius 1 is 1.00 bits per heavy atom. The van der Waals surface area contributed by atoms with Crippen LogP contribution >= 0.6 is 0 Å². The molecule has 3 rings (SSSR count). The first-order valence-electron chi connectivity index (χ1n) is 6.31. The number of carbonyl (C=O) groups is 2. The van der Waals surface area contributed by atoms with Crippen LogP contribution in [0.3, 0.4) is 0 Å². The predicted octanol–water partition coefficient (Wildman–Crippen LogP) is -1.74. The van der Waals surface area contributed by atoms with Crippen molar-refractivity contribution in [2.45, 2.75) is 11.8 Å². The summed E-state index contributed by atoms with van der Waals surface area (Å²) in [5.74, 6) is -0.972. The summed E-state index contributed by atoms with van der Waals surface area (Å²) in [5.41, 5.74) is 5.70. The van der Waals surface area contributed by atoms with E-state index in [1.807, 2.05) is 0 Å². The Balaban J connectivity index is 0.00000192. The number of hydrogen-bond acceptors (Lipinski definition) is 6. The van der Waals surface area contributed by atoms with Crippen molar-refractivity contribution in [2.75, 3.05) is 5.73 Å². The smallest absolute Gasteiger partial charge is 0.744 e. The third kappa shape index (κ3) is 2.64. The SMILES string of the molecule is Cc1cc(S(=O)(=O)[O-])c(N)c2c1C(=O)c1ccccc1C2=O.[Na+]. The monoisotopic (exact) mass is 339 g/mol. The predicted molar refractivity (Wildman–Crippen MR) is 76.9 cm³/mol. The Bertz CT molecular complexity index is 966. The molecular formula is C15H10NNaO5S. The van der Waals surface area contributed by atoms with Gasteiger partial charge in [-0.15, -0.1) is 0 Å². The Kier molecular flexibility index (Phi) is 4.53. The fourth-order valence-corrected chi connectivity index (χ4v) is 3.38. The van der Waals surface area contributed by atoms with Crippen LogP contribution in [0.15, 0.2) is 35.2 Å². The normalized spacial score (nSPS) is 13.1. The molecule has 0 spiro atoms. The van der Waals surface area contributed by atoms with Crippen LogP contribution in [0, 0.1) is 6.92 Å². The summed E-state index contributed by atoms with van der Waals surface area (Å²) in [6.45, 7) is 1.46. The summed E-state index contributed by atoms with van der Waals surface area (Å²) in [6, 6.07) is 7.24. The van der Waals surface area contributed by atoms with Gasteiger partial charge in [0, 0.05) is 16.7 Å². The van der Waals surface area contributed by atoms with E-state index in [2.05, 4.69) is 0 Å². The van der Waals surface area contributed by atoms with Crippen LogP contribution in [0.1, 0.15) is 37.4 Å². The molecule has 1 aliphatic carbocycles. The van der Waals surface area contributed by atoms with Crippen molar-refractivity contribution in [1.82, 2.24) is 0 Å². The van der Waals surface area contributed by atoms with Crippen LogP contribution in [0.25, 0.3) is 0 Å². The Morgan fingerprint density at radius 2 is 1.48 bits per heavy atom. The standard InChI is InChI=1S/C15H11NO5S.Na/c1-7-6-10(22(19,20)21)13(16)12-11(7)14(17)8-4-2-3-5-9(8)15(12)18;/h2-6H,16H2,1H3,(H,19,20,21);/q;+1/p-1. The Labute approximate surface area is 154 Å². The van der Waals surface area contributed by atoms with Crippen LogP contribution in [0.4, 0.5) is 5.69 Å². The summed E-state index contributed by atoms with van der Waals surface area (Å²) < 4.78 is 33.9. The summed E-state index contributed by atoms with van der Waals surface area (Å²) in [5, 5.41) is 0. The third-order valence-corrected chi connectivity index (χ3v) is 4.54. The molecule has 6 nitrogen and oxygen atoms in total. The van der Waals surface area contributed by atoms with Gasteiger partial charge in [0.1, 0.15) is 10.1 Å². The minimum absolute atomic E-state index is 0. The molecule has 0 aromatic heterocycles. The second kappa shape index (κ2) is 5.85. The number of ketones is 2. The van der Waals surface area contributed by atoms with Gasteiger partial charge >= 0.3 is 29.6 Å². The first-order chi connectivity index (χ1) is 10.2. The largest absolute Gasteiger partial charge is 1.00 e. The maximum absolute atomic E-state index is 12.6. The molecule has 0 radical (unpaired) electrons. The zero-order valence-electron chi connectivity index (χ0n) is 12.4.